The van der Waals surface area contributed by atoms with Crippen LogP contribution < -0.4 is 0 Å². The third-order valence-electron chi connectivity index (χ3n) is 1.69. The van der Waals surface area contributed by atoms with Gasteiger partial charge in [0.15, 0.2) is 0 Å². The van der Waals surface area contributed by atoms with E-state index in [1.807, 2.05) is 0 Å². The molecule has 1 heterocycles. The van der Waals surface area contributed by atoms with Gasteiger partial charge in [0.05, 0.1) is 16.8 Å². The highest BCUT2D eigenvalue weighted by Gasteiger charge is 2.09. The minimum atomic E-state index is 0.439. The topological polar surface area (TPSA) is 49.8 Å². The number of halogens is 1. The number of aromatic nitrogens is 1. The van der Waals surface area contributed by atoms with E-state index in [0.29, 0.717) is 15.8 Å². The molecule has 0 bridgehead atoms. The van der Waals surface area contributed by atoms with Gasteiger partial charge >= 0.3 is 0 Å². The smallest absolute Gasteiger partial charge is 0.260 e. The van der Waals surface area contributed by atoms with Crippen molar-refractivity contribution < 1.29 is 4.42 Å². The largest absolute Gasteiger partial charge is 0.440 e. The summed E-state index contributed by atoms with van der Waals surface area (Å²) in [6.45, 7) is 0. The first-order chi connectivity index (χ1) is 7.31. The lowest BCUT2D eigenvalue weighted by Gasteiger charge is -2.01. The summed E-state index contributed by atoms with van der Waals surface area (Å²) in [6, 6.07) is 7.33. The van der Waals surface area contributed by atoms with Gasteiger partial charge in [-0.15, -0.1) is 0 Å². The minimum absolute atomic E-state index is 0.439. The van der Waals surface area contributed by atoms with Crippen molar-refractivity contribution in [1.82, 2.24) is 4.98 Å². The Balaban J connectivity index is 2.37. The lowest BCUT2D eigenvalue weighted by atomic mass is 10.2. The van der Waals surface area contributed by atoms with E-state index in [1.54, 1.807) is 24.4 Å². The predicted molar refractivity (Wildman–Crippen MR) is 56.8 cm³/mol. The molecule has 0 aliphatic heterocycles. The minimum Gasteiger partial charge on any atom is -0.440 e. The maximum absolute atomic E-state index is 8.93. The van der Waals surface area contributed by atoms with E-state index in [-0.39, 0.29) is 0 Å². The van der Waals surface area contributed by atoms with Gasteiger partial charge in [0.25, 0.3) is 5.22 Å². The summed E-state index contributed by atoms with van der Waals surface area (Å²) in [5.74, 6) is 0. The summed E-state index contributed by atoms with van der Waals surface area (Å²) in [7, 11) is 0. The Labute approximate surface area is 95.7 Å². The van der Waals surface area contributed by atoms with Gasteiger partial charge in [0, 0.05) is 4.90 Å². The summed E-state index contributed by atoms with van der Waals surface area (Å²) in [5, 5.41) is 9.86. The molecule has 0 spiro atoms. The molecule has 0 aliphatic rings. The molecule has 0 saturated carbocycles. The molecule has 74 valence electrons. The summed E-state index contributed by atoms with van der Waals surface area (Å²) < 4.78 is 5.08. The molecule has 0 aliphatic carbocycles. The van der Waals surface area contributed by atoms with Crippen LogP contribution in [0.3, 0.4) is 0 Å². The zero-order valence-corrected chi connectivity index (χ0v) is 9.05. The van der Waals surface area contributed by atoms with Gasteiger partial charge in [-0.2, -0.15) is 5.26 Å². The standard InChI is InChI=1S/C10H5ClN2OS/c11-8-2-1-3-9(7(8)6-12)15-10-13-4-5-14-10/h1-5H. The second kappa shape index (κ2) is 4.39. The molecule has 15 heavy (non-hydrogen) atoms. The average Bonchev–Trinajstić information content (AvgIpc) is 2.71. The Bertz CT molecular complexity index is 505. The van der Waals surface area contributed by atoms with Gasteiger partial charge in [-0.1, -0.05) is 17.7 Å². The SMILES string of the molecule is N#Cc1c(Cl)cccc1Sc1ncco1. The average molecular weight is 237 g/mol. The maximum Gasteiger partial charge on any atom is 0.260 e. The van der Waals surface area contributed by atoms with Crippen molar-refractivity contribution in [3.63, 3.8) is 0 Å². The molecule has 0 amide bonds. The van der Waals surface area contributed by atoms with Gasteiger partial charge in [-0.25, -0.2) is 4.98 Å². The lowest BCUT2D eigenvalue weighted by Crippen LogP contribution is -1.82. The molecule has 2 rings (SSSR count). The van der Waals surface area contributed by atoms with E-state index in [1.165, 1.54) is 18.0 Å². The second-order valence-electron chi connectivity index (χ2n) is 2.62. The van der Waals surface area contributed by atoms with Crippen molar-refractivity contribution >= 4 is 23.4 Å². The molecule has 3 nitrogen and oxygen atoms in total. The van der Waals surface area contributed by atoms with Crippen LogP contribution in [0.25, 0.3) is 0 Å². The fourth-order valence-electron chi connectivity index (χ4n) is 1.05. The molecule has 0 fully saturated rings. The van der Waals surface area contributed by atoms with Crippen LogP contribution >= 0.6 is 23.4 Å². The van der Waals surface area contributed by atoms with Crippen molar-refractivity contribution in [1.29, 1.82) is 5.26 Å². The zero-order valence-electron chi connectivity index (χ0n) is 7.48. The third-order valence-corrected chi connectivity index (χ3v) is 2.95. The highest BCUT2D eigenvalue weighted by atomic mass is 35.5. The van der Waals surface area contributed by atoms with Crippen LogP contribution in [0.5, 0.6) is 0 Å². The van der Waals surface area contributed by atoms with Crippen LogP contribution in [0.4, 0.5) is 0 Å². The Morgan fingerprint density at radius 1 is 1.47 bits per heavy atom. The number of benzene rings is 1. The maximum atomic E-state index is 8.93. The molecular weight excluding hydrogens is 232 g/mol. The molecule has 0 saturated heterocycles. The van der Waals surface area contributed by atoms with E-state index in [4.69, 9.17) is 21.3 Å². The van der Waals surface area contributed by atoms with E-state index in [9.17, 15) is 0 Å². The van der Waals surface area contributed by atoms with Crippen LogP contribution in [0.1, 0.15) is 5.56 Å². The Morgan fingerprint density at radius 3 is 3.00 bits per heavy atom. The van der Waals surface area contributed by atoms with E-state index >= 15 is 0 Å². The Kier molecular flexibility index (Phi) is 2.95. The summed E-state index contributed by atoms with van der Waals surface area (Å²) >= 11 is 7.16. The lowest BCUT2D eigenvalue weighted by molar-refractivity contribution is 0.454. The highest BCUT2D eigenvalue weighted by Crippen LogP contribution is 2.32. The van der Waals surface area contributed by atoms with E-state index < -0.39 is 0 Å². The molecule has 0 radical (unpaired) electrons. The van der Waals surface area contributed by atoms with E-state index in [2.05, 4.69) is 11.1 Å². The molecule has 1 aromatic carbocycles. The molecule has 5 heteroatoms. The summed E-state index contributed by atoms with van der Waals surface area (Å²) in [5.41, 5.74) is 0.447. The monoisotopic (exact) mass is 236 g/mol. The molecule has 1 aromatic heterocycles. The quantitative estimate of drug-likeness (QED) is 0.802. The summed E-state index contributed by atoms with van der Waals surface area (Å²) in [6.07, 6.45) is 3.04. The van der Waals surface area contributed by atoms with Crippen molar-refractivity contribution in [3.8, 4) is 6.07 Å². The third kappa shape index (κ3) is 2.14. The number of nitriles is 1. The van der Waals surface area contributed by atoms with Crippen LogP contribution in [0.15, 0.2) is 45.2 Å². The fraction of sp³-hybridized carbons (Fsp3) is 0. The van der Waals surface area contributed by atoms with Crippen molar-refractivity contribution in [2.45, 2.75) is 10.1 Å². The number of nitrogens with zero attached hydrogens (tertiary/aromatic N) is 2. The zero-order chi connectivity index (χ0) is 10.7. The van der Waals surface area contributed by atoms with Gasteiger partial charge in [-0.05, 0) is 23.9 Å². The van der Waals surface area contributed by atoms with Gasteiger partial charge in [0.1, 0.15) is 12.3 Å². The number of hydrogen-bond donors (Lipinski definition) is 0. The first-order valence-electron chi connectivity index (χ1n) is 4.07. The number of oxazole rings is 1. The highest BCUT2D eigenvalue weighted by molar-refractivity contribution is 7.99. The molecule has 0 unspecified atom stereocenters. The first-order valence-corrected chi connectivity index (χ1v) is 5.26. The Morgan fingerprint density at radius 2 is 2.33 bits per heavy atom. The predicted octanol–water partition coefficient (Wildman–Crippen LogP) is 3.35. The van der Waals surface area contributed by atoms with Crippen LogP contribution in [-0.2, 0) is 0 Å². The van der Waals surface area contributed by atoms with Crippen molar-refractivity contribution in [2.24, 2.45) is 0 Å². The number of hydrogen-bond acceptors (Lipinski definition) is 4. The molecule has 0 atom stereocenters. The number of rotatable bonds is 2. The van der Waals surface area contributed by atoms with Gasteiger partial charge in [-0.3, -0.25) is 0 Å². The van der Waals surface area contributed by atoms with Crippen LogP contribution in [0, 0.1) is 11.3 Å². The van der Waals surface area contributed by atoms with Crippen LogP contribution in [-0.4, -0.2) is 4.98 Å². The normalized spacial score (nSPS) is 9.87. The molecule has 2 aromatic rings. The first kappa shape index (κ1) is 10.1. The molecular formula is C10H5ClN2OS. The van der Waals surface area contributed by atoms with E-state index in [0.717, 1.165) is 4.90 Å². The van der Waals surface area contributed by atoms with Crippen molar-refractivity contribution in [2.75, 3.05) is 0 Å². The van der Waals surface area contributed by atoms with Crippen LogP contribution in [0.2, 0.25) is 5.02 Å². The van der Waals surface area contributed by atoms with Gasteiger partial charge in [0.2, 0.25) is 0 Å². The molecule has 0 N–H and O–H groups in total. The van der Waals surface area contributed by atoms with Crippen molar-refractivity contribution in [3.05, 3.63) is 41.2 Å². The fourth-order valence-corrected chi connectivity index (χ4v) is 2.14. The Hall–Kier alpha value is -1.44. The summed E-state index contributed by atoms with van der Waals surface area (Å²) in [4.78, 5) is 4.70. The van der Waals surface area contributed by atoms with Gasteiger partial charge < -0.3 is 4.42 Å². The second-order valence-corrected chi connectivity index (χ2v) is 4.03.